The van der Waals surface area contributed by atoms with E-state index >= 15 is 0 Å². The smallest absolute Gasteiger partial charge is 0.243 e. The lowest BCUT2D eigenvalue weighted by atomic mass is 9.96. The fraction of sp³-hybridized carbons (Fsp3) is 0.588. The highest BCUT2D eigenvalue weighted by Crippen LogP contribution is 2.26. The molecule has 0 spiro atoms. The van der Waals surface area contributed by atoms with Gasteiger partial charge < -0.3 is 9.80 Å². The molecule has 1 amide bonds. The molecular weight excluding hydrogens is 362 g/mol. The van der Waals surface area contributed by atoms with E-state index in [1.807, 2.05) is 4.90 Å². The minimum Gasteiger partial charge on any atom is -0.340 e. The predicted molar refractivity (Wildman–Crippen MR) is 97.0 cm³/mol. The van der Waals surface area contributed by atoms with Crippen molar-refractivity contribution in [3.8, 4) is 0 Å². The second kappa shape index (κ2) is 7.61. The summed E-state index contributed by atoms with van der Waals surface area (Å²) in [7, 11) is -1.46. The second-order valence-corrected chi connectivity index (χ2v) is 9.14. The molecule has 1 aromatic rings. The molecule has 1 aromatic carbocycles. The average molecular weight is 386 g/mol. The molecule has 0 aromatic heterocycles. The van der Waals surface area contributed by atoms with Crippen LogP contribution in [0, 0.1) is 5.92 Å². The molecule has 2 aliphatic heterocycles. The lowest BCUT2D eigenvalue weighted by molar-refractivity contribution is -0.138. The second-order valence-electron chi connectivity index (χ2n) is 6.76. The first kappa shape index (κ1) is 18.6. The minimum absolute atomic E-state index is 0.0694. The van der Waals surface area contributed by atoms with Crippen LogP contribution < -0.4 is 0 Å². The van der Waals surface area contributed by atoms with Crippen LogP contribution in [-0.2, 0) is 14.8 Å². The highest BCUT2D eigenvalue weighted by atomic mass is 35.5. The predicted octanol–water partition coefficient (Wildman–Crippen LogP) is 1.51. The zero-order chi connectivity index (χ0) is 18.0. The number of amides is 1. The summed E-state index contributed by atoms with van der Waals surface area (Å²) in [5.41, 5.74) is 0. The first-order valence-corrected chi connectivity index (χ1v) is 10.4. The Balaban J connectivity index is 1.59. The summed E-state index contributed by atoms with van der Waals surface area (Å²) < 4.78 is 26.9. The number of halogens is 1. The van der Waals surface area contributed by atoms with Gasteiger partial charge in [0.25, 0.3) is 0 Å². The highest BCUT2D eigenvalue weighted by Gasteiger charge is 2.34. The molecule has 0 N–H and O–H groups in total. The Labute approximate surface area is 154 Å². The molecular formula is C17H24ClN3O3S. The van der Waals surface area contributed by atoms with Gasteiger partial charge in [-0.2, -0.15) is 4.31 Å². The van der Waals surface area contributed by atoms with Crippen molar-refractivity contribution >= 4 is 27.5 Å². The summed E-state index contributed by atoms with van der Waals surface area (Å²) in [6, 6.07) is 6.22. The molecule has 6 nitrogen and oxygen atoms in total. The van der Waals surface area contributed by atoms with Gasteiger partial charge in [0.05, 0.1) is 4.90 Å². The minimum atomic E-state index is -3.52. The molecule has 2 aliphatic rings. The van der Waals surface area contributed by atoms with Crippen LogP contribution in [0.5, 0.6) is 0 Å². The maximum absolute atomic E-state index is 12.7. The first-order valence-electron chi connectivity index (χ1n) is 8.61. The van der Waals surface area contributed by atoms with Crippen molar-refractivity contribution in [2.45, 2.75) is 17.7 Å². The molecule has 138 valence electrons. The zero-order valence-corrected chi connectivity index (χ0v) is 16.0. The highest BCUT2D eigenvalue weighted by molar-refractivity contribution is 7.89. The third-order valence-electron chi connectivity index (χ3n) is 5.07. The van der Waals surface area contributed by atoms with Crippen molar-refractivity contribution in [2.24, 2.45) is 5.92 Å². The van der Waals surface area contributed by atoms with Crippen LogP contribution in [0.4, 0.5) is 0 Å². The summed E-state index contributed by atoms with van der Waals surface area (Å²) in [5.74, 6) is 0.108. The number of piperidine rings is 1. The third kappa shape index (κ3) is 4.16. The van der Waals surface area contributed by atoms with Gasteiger partial charge in [-0.05, 0) is 44.2 Å². The molecule has 3 rings (SSSR count). The van der Waals surface area contributed by atoms with Gasteiger partial charge in [-0.3, -0.25) is 4.79 Å². The molecule has 0 atom stereocenters. The van der Waals surface area contributed by atoms with Crippen molar-refractivity contribution < 1.29 is 13.2 Å². The van der Waals surface area contributed by atoms with Crippen molar-refractivity contribution in [3.63, 3.8) is 0 Å². The standard InChI is InChI=1S/C17H24ClN3O3S/c1-19-10-12-20(13-11-19)17(22)14-6-8-21(9-7-14)25(23,24)16-4-2-15(18)3-5-16/h2-5,14H,6-13H2,1H3. The lowest BCUT2D eigenvalue weighted by Gasteiger charge is -2.37. The van der Waals surface area contributed by atoms with E-state index in [4.69, 9.17) is 11.6 Å². The number of piperazine rings is 1. The molecule has 0 aliphatic carbocycles. The monoisotopic (exact) mass is 385 g/mol. The van der Waals surface area contributed by atoms with Gasteiger partial charge in [0.2, 0.25) is 15.9 Å². The number of rotatable bonds is 3. The van der Waals surface area contributed by atoms with Crippen molar-refractivity contribution in [1.29, 1.82) is 0 Å². The summed E-state index contributed by atoms with van der Waals surface area (Å²) >= 11 is 5.83. The summed E-state index contributed by atoms with van der Waals surface area (Å²) in [6.07, 6.45) is 1.16. The topological polar surface area (TPSA) is 60.9 Å². The van der Waals surface area contributed by atoms with Crippen LogP contribution in [0.25, 0.3) is 0 Å². The number of likely N-dealkylation sites (N-methyl/N-ethyl adjacent to an activating group) is 1. The molecule has 0 unspecified atom stereocenters. The Hall–Kier alpha value is -1.15. The van der Waals surface area contributed by atoms with E-state index in [2.05, 4.69) is 11.9 Å². The normalized spacial score (nSPS) is 21.4. The van der Waals surface area contributed by atoms with Crippen molar-refractivity contribution in [1.82, 2.24) is 14.1 Å². The maximum Gasteiger partial charge on any atom is 0.243 e. The number of carbonyl (C=O) groups excluding carboxylic acids is 1. The van der Waals surface area contributed by atoms with E-state index in [-0.39, 0.29) is 16.7 Å². The molecule has 0 saturated carbocycles. The Morgan fingerprint density at radius 1 is 1.00 bits per heavy atom. The molecule has 2 fully saturated rings. The number of hydrogen-bond donors (Lipinski definition) is 0. The third-order valence-corrected chi connectivity index (χ3v) is 7.23. The number of benzene rings is 1. The van der Waals surface area contributed by atoms with Crippen LogP contribution in [0.3, 0.4) is 0 Å². The van der Waals surface area contributed by atoms with Crippen molar-refractivity contribution in [3.05, 3.63) is 29.3 Å². The molecule has 0 bridgehead atoms. The van der Waals surface area contributed by atoms with Crippen LogP contribution in [-0.4, -0.2) is 74.7 Å². The lowest BCUT2D eigenvalue weighted by Crippen LogP contribution is -2.50. The van der Waals surface area contributed by atoms with E-state index in [0.717, 1.165) is 26.2 Å². The van der Waals surface area contributed by atoms with E-state index < -0.39 is 10.0 Å². The fourth-order valence-electron chi connectivity index (χ4n) is 3.38. The number of nitrogens with zero attached hydrogens (tertiary/aromatic N) is 3. The van der Waals surface area contributed by atoms with Crippen molar-refractivity contribution in [2.75, 3.05) is 46.3 Å². The molecule has 0 radical (unpaired) electrons. The van der Waals surface area contributed by atoms with E-state index in [1.165, 1.54) is 16.4 Å². The Morgan fingerprint density at radius 3 is 2.12 bits per heavy atom. The van der Waals surface area contributed by atoms with Gasteiger partial charge in [0.1, 0.15) is 0 Å². The fourth-order valence-corrected chi connectivity index (χ4v) is 4.98. The van der Waals surface area contributed by atoms with E-state index in [1.54, 1.807) is 12.1 Å². The summed E-state index contributed by atoms with van der Waals surface area (Å²) in [4.78, 5) is 17.0. The largest absolute Gasteiger partial charge is 0.340 e. The Bertz CT molecular complexity index is 707. The molecule has 2 saturated heterocycles. The molecule has 2 heterocycles. The summed E-state index contributed by atoms with van der Waals surface area (Å²) in [5, 5.41) is 0.510. The summed E-state index contributed by atoms with van der Waals surface area (Å²) in [6.45, 7) is 4.09. The first-order chi connectivity index (χ1) is 11.9. The Morgan fingerprint density at radius 2 is 1.56 bits per heavy atom. The molecule has 8 heteroatoms. The van der Waals surface area contributed by atoms with Gasteiger partial charge in [-0.15, -0.1) is 0 Å². The number of hydrogen-bond acceptors (Lipinski definition) is 4. The van der Waals surface area contributed by atoms with Crippen LogP contribution in [0.2, 0.25) is 5.02 Å². The van der Waals surface area contributed by atoms with Gasteiger partial charge in [-0.25, -0.2) is 8.42 Å². The van der Waals surface area contributed by atoms with Crippen LogP contribution >= 0.6 is 11.6 Å². The van der Waals surface area contributed by atoms with E-state index in [0.29, 0.717) is 31.0 Å². The molecule has 25 heavy (non-hydrogen) atoms. The maximum atomic E-state index is 12.7. The van der Waals surface area contributed by atoms with Gasteiger partial charge in [0, 0.05) is 50.2 Å². The number of sulfonamides is 1. The van der Waals surface area contributed by atoms with Gasteiger partial charge in [-0.1, -0.05) is 11.6 Å². The van der Waals surface area contributed by atoms with Gasteiger partial charge in [0.15, 0.2) is 0 Å². The zero-order valence-electron chi connectivity index (χ0n) is 14.4. The van der Waals surface area contributed by atoms with Crippen LogP contribution in [0.1, 0.15) is 12.8 Å². The Kier molecular flexibility index (Phi) is 5.68. The van der Waals surface area contributed by atoms with Gasteiger partial charge >= 0.3 is 0 Å². The SMILES string of the molecule is CN1CCN(C(=O)C2CCN(S(=O)(=O)c3ccc(Cl)cc3)CC2)CC1. The average Bonchev–Trinajstić information content (AvgIpc) is 2.62. The van der Waals surface area contributed by atoms with E-state index in [9.17, 15) is 13.2 Å². The quantitative estimate of drug-likeness (QED) is 0.791. The number of carbonyl (C=O) groups is 1. The van der Waals surface area contributed by atoms with Crippen LogP contribution in [0.15, 0.2) is 29.2 Å².